The van der Waals surface area contributed by atoms with Gasteiger partial charge in [0.1, 0.15) is 12.4 Å². The number of carbonyl (C=O) groups is 2. The van der Waals surface area contributed by atoms with Gasteiger partial charge >= 0.3 is 5.97 Å². The van der Waals surface area contributed by atoms with E-state index in [4.69, 9.17) is 4.74 Å². The van der Waals surface area contributed by atoms with Gasteiger partial charge in [-0.2, -0.15) is 5.10 Å². The van der Waals surface area contributed by atoms with Crippen molar-refractivity contribution in [3.63, 3.8) is 0 Å². The van der Waals surface area contributed by atoms with Crippen LogP contribution in [0.25, 0.3) is 0 Å². The van der Waals surface area contributed by atoms with Gasteiger partial charge in [-0.05, 0) is 24.6 Å². The summed E-state index contributed by atoms with van der Waals surface area (Å²) in [6.45, 7) is 3.55. The van der Waals surface area contributed by atoms with Gasteiger partial charge in [0.15, 0.2) is 5.78 Å². The summed E-state index contributed by atoms with van der Waals surface area (Å²) in [5.74, 6) is -1.84. The van der Waals surface area contributed by atoms with Crippen LogP contribution < -0.4 is 0 Å². The number of nitrogens with one attached hydrogen (secondary N) is 1. The third-order valence-electron chi connectivity index (χ3n) is 3.33. The van der Waals surface area contributed by atoms with Crippen molar-refractivity contribution in [3.8, 4) is 0 Å². The molecule has 2 aromatic rings. The highest BCUT2D eigenvalue weighted by Crippen LogP contribution is 2.14. The number of hydrogen-bond acceptors (Lipinski definition) is 4. The molecule has 1 atom stereocenters. The number of benzene rings is 1. The molecule has 1 aromatic heterocycles. The molecule has 0 saturated carbocycles. The molecule has 6 heteroatoms. The predicted molar refractivity (Wildman–Crippen MR) is 77.6 cm³/mol. The molecule has 0 fully saturated rings. The summed E-state index contributed by atoms with van der Waals surface area (Å²) in [5, 5.41) is 6.57. The molecule has 1 unspecified atom stereocenters. The van der Waals surface area contributed by atoms with Crippen molar-refractivity contribution in [3.05, 3.63) is 53.1 Å². The molecule has 0 aliphatic heterocycles. The van der Waals surface area contributed by atoms with Gasteiger partial charge in [0.2, 0.25) is 0 Å². The molecule has 0 saturated heterocycles. The van der Waals surface area contributed by atoms with E-state index >= 15 is 0 Å². The fourth-order valence-corrected chi connectivity index (χ4v) is 1.95. The minimum absolute atomic E-state index is 0.0236. The maximum absolute atomic E-state index is 13.1. The van der Waals surface area contributed by atoms with Gasteiger partial charge in [0.25, 0.3) is 0 Å². The molecule has 5 nitrogen and oxygen atoms in total. The lowest BCUT2D eigenvalue weighted by atomic mass is 10.00. The lowest BCUT2D eigenvalue weighted by Gasteiger charge is -2.10. The Morgan fingerprint density at radius 1 is 1.41 bits per heavy atom. The fourth-order valence-electron chi connectivity index (χ4n) is 1.95. The Balaban J connectivity index is 1.88. The van der Waals surface area contributed by atoms with E-state index in [9.17, 15) is 14.0 Å². The zero-order valence-corrected chi connectivity index (χ0v) is 12.4. The summed E-state index contributed by atoms with van der Waals surface area (Å²) in [5.41, 5.74) is 1.87. The average molecular weight is 304 g/mol. The number of halogens is 1. The second kappa shape index (κ2) is 6.98. The highest BCUT2D eigenvalue weighted by atomic mass is 19.1. The number of hydrogen-bond donors (Lipinski definition) is 1. The van der Waals surface area contributed by atoms with Gasteiger partial charge in [-0.1, -0.05) is 19.1 Å². The summed E-state index contributed by atoms with van der Waals surface area (Å²) in [6, 6.07) is 5.42. The summed E-state index contributed by atoms with van der Waals surface area (Å²) in [7, 11) is 0. The zero-order chi connectivity index (χ0) is 16.1. The molecule has 1 aromatic carbocycles. The van der Waals surface area contributed by atoms with E-state index in [1.165, 1.54) is 18.2 Å². The zero-order valence-electron chi connectivity index (χ0n) is 12.4. The highest BCUT2D eigenvalue weighted by Gasteiger charge is 2.20. The third kappa shape index (κ3) is 4.00. The van der Waals surface area contributed by atoms with Crippen molar-refractivity contribution in [1.29, 1.82) is 0 Å². The number of Topliss-reactive ketones (excluding diaryl/α,β-unsaturated/α-hetero) is 1. The molecule has 2 rings (SSSR count). The molecule has 0 radical (unpaired) electrons. The first-order valence-electron chi connectivity index (χ1n) is 6.91. The topological polar surface area (TPSA) is 72.0 Å². The highest BCUT2D eigenvalue weighted by molar-refractivity contribution is 5.98. The number of ketones is 1. The Hall–Kier alpha value is -2.50. The number of aryl methyl sites for hydroxylation is 1. The van der Waals surface area contributed by atoms with E-state index in [0.717, 1.165) is 17.3 Å². The van der Waals surface area contributed by atoms with Crippen LogP contribution in [0.5, 0.6) is 0 Å². The Kier molecular flexibility index (Phi) is 5.04. The SMILES string of the molecule is Cc1cn[nH]c1COC(=O)C(C)CC(=O)c1cccc(F)c1. The Labute approximate surface area is 127 Å². The summed E-state index contributed by atoms with van der Waals surface area (Å²) < 4.78 is 18.2. The molecule has 1 heterocycles. The van der Waals surface area contributed by atoms with Crippen LogP contribution in [0.3, 0.4) is 0 Å². The second-order valence-electron chi connectivity index (χ2n) is 5.18. The fraction of sp³-hybridized carbons (Fsp3) is 0.312. The standard InChI is InChI=1S/C16H17FN2O3/c1-10(6-15(20)12-4-3-5-13(17)7-12)16(21)22-9-14-11(2)8-18-19-14/h3-5,7-8,10H,6,9H2,1-2H3,(H,18,19). The van der Waals surface area contributed by atoms with Crippen LogP contribution in [0.1, 0.15) is 35.0 Å². The van der Waals surface area contributed by atoms with Gasteiger partial charge in [-0.25, -0.2) is 4.39 Å². The smallest absolute Gasteiger partial charge is 0.309 e. The van der Waals surface area contributed by atoms with Crippen LogP contribution in [0.2, 0.25) is 0 Å². The molecular weight excluding hydrogens is 287 g/mol. The van der Waals surface area contributed by atoms with Crippen LogP contribution in [-0.2, 0) is 16.1 Å². The maximum Gasteiger partial charge on any atom is 0.309 e. The molecule has 0 aliphatic rings. The average Bonchev–Trinajstić information content (AvgIpc) is 2.90. The monoisotopic (exact) mass is 304 g/mol. The summed E-state index contributed by atoms with van der Waals surface area (Å²) in [6.07, 6.45) is 1.62. The van der Waals surface area contributed by atoms with E-state index in [1.54, 1.807) is 13.1 Å². The second-order valence-corrected chi connectivity index (χ2v) is 5.18. The lowest BCUT2D eigenvalue weighted by Crippen LogP contribution is -2.18. The molecule has 0 bridgehead atoms. The van der Waals surface area contributed by atoms with Crippen LogP contribution in [0.15, 0.2) is 30.5 Å². The Morgan fingerprint density at radius 2 is 2.18 bits per heavy atom. The van der Waals surface area contributed by atoms with Gasteiger partial charge in [-0.15, -0.1) is 0 Å². The van der Waals surface area contributed by atoms with Gasteiger partial charge in [0, 0.05) is 12.0 Å². The van der Waals surface area contributed by atoms with Crippen LogP contribution in [-0.4, -0.2) is 21.9 Å². The van der Waals surface area contributed by atoms with Crippen molar-refractivity contribution in [2.24, 2.45) is 5.92 Å². The number of carbonyl (C=O) groups excluding carboxylic acids is 2. The minimum Gasteiger partial charge on any atom is -0.459 e. The summed E-state index contributed by atoms with van der Waals surface area (Å²) in [4.78, 5) is 23.9. The molecule has 0 spiro atoms. The molecule has 1 N–H and O–H groups in total. The van der Waals surface area contributed by atoms with Gasteiger partial charge < -0.3 is 4.74 Å². The van der Waals surface area contributed by atoms with E-state index in [1.807, 2.05) is 6.92 Å². The number of esters is 1. The van der Waals surface area contributed by atoms with Crippen LogP contribution >= 0.6 is 0 Å². The number of nitrogens with zero attached hydrogens (tertiary/aromatic N) is 1. The van der Waals surface area contributed by atoms with Crippen molar-refractivity contribution in [1.82, 2.24) is 10.2 Å². The van der Waals surface area contributed by atoms with Gasteiger partial charge in [0.05, 0.1) is 17.8 Å². The number of aromatic amines is 1. The summed E-state index contributed by atoms with van der Waals surface area (Å²) >= 11 is 0. The number of rotatable bonds is 6. The van der Waals surface area contributed by atoms with Crippen molar-refractivity contribution in [2.45, 2.75) is 26.9 Å². The quantitative estimate of drug-likeness (QED) is 0.658. The largest absolute Gasteiger partial charge is 0.459 e. The lowest BCUT2D eigenvalue weighted by molar-refractivity contribution is -0.149. The molecule has 116 valence electrons. The number of H-pyrrole nitrogens is 1. The molecular formula is C16H17FN2O3. The number of ether oxygens (including phenoxy) is 1. The first-order valence-corrected chi connectivity index (χ1v) is 6.91. The molecule has 22 heavy (non-hydrogen) atoms. The van der Waals surface area contributed by atoms with E-state index in [-0.39, 0.29) is 24.4 Å². The van der Waals surface area contributed by atoms with Crippen LogP contribution in [0, 0.1) is 18.7 Å². The third-order valence-corrected chi connectivity index (χ3v) is 3.33. The predicted octanol–water partition coefficient (Wildman–Crippen LogP) is 2.81. The van der Waals surface area contributed by atoms with Gasteiger partial charge in [-0.3, -0.25) is 14.7 Å². The number of aromatic nitrogens is 2. The van der Waals surface area contributed by atoms with Crippen LogP contribution in [0.4, 0.5) is 4.39 Å². The van der Waals surface area contributed by atoms with E-state index < -0.39 is 17.7 Å². The van der Waals surface area contributed by atoms with Crippen molar-refractivity contribution < 1.29 is 18.7 Å². The van der Waals surface area contributed by atoms with E-state index in [0.29, 0.717) is 0 Å². The van der Waals surface area contributed by atoms with Crippen molar-refractivity contribution >= 4 is 11.8 Å². The molecule has 0 amide bonds. The first kappa shape index (κ1) is 15.9. The Bertz CT molecular complexity index is 682. The first-order chi connectivity index (χ1) is 10.5. The Morgan fingerprint density at radius 3 is 2.82 bits per heavy atom. The normalized spacial score (nSPS) is 12.0. The maximum atomic E-state index is 13.1. The molecule has 0 aliphatic carbocycles. The van der Waals surface area contributed by atoms with Crippen molar-refractivity contribution in [2.75, 3.05) is 0 Å². The minimum atomic E-state index is -0.598. The van der Waals surface area contributed by atoms with E-state index in [2.05, 4.69) is 10.2 Å².